The Kier molecular flexibility index (Phi) is 5.97. The third kappa shape index (κ3) is 4.84. The Labute approximate surface area is 191 Å². The summed E-state index contributed by atoms with van der Waals surface area (Å²) in [6.45, 7) is 0.986. The van der Waals surface area contributed by atoms with Crippen molar-refractivity contribution in [3.63, 3.8) is 0 Å². The average Bonchev–Trinajstić information content (AvgIpc) is 3.30. The number of pyridine rings is 1. The molecule has 4 heterocycles. The summed E-state index contributed by atoms with van der Waals surface area (Å²) in [7, 11) is 0. The normalized spacial score (nSPS) is 13.9. The predicted octanol–water partition coefficient (Wildman–Crippen LogP) is 3.82. The number of rotatable bonds is 8. The van der Waals surface area contributed by atoms with Crippen molar-refractivity contribution >= 4 is 22.8 Å². The van der Waals surface area contributed by atoms with E-state index in [0.717, 1.165) is 66.9 Å². The quantitative estimate of drug-likeness (QED) is 0.427. The van der Waals surface area contributed by atoms with E-state index in [1.54, 1.807) is 10.9 Å². The van der Waals surface area contributed by atoms with Crippen LogP contribution in [0, 0.1) is 0 Å². The molecule has 5 rings (SSSR count). The molecule has 0 radical (unpaired) electrons. The molecule has 0 saturated heterocycles. The summed E-state index contributed by atoms with van der Waals surface area (Å²) in [5, 5.41) is 17.5. The van der Waals surface area contributed by atoms with Gasteiger partial charge in [0.15, 0.2) is 0 Å². The minimum atomic E-state index is -0.904. The zero-order valence-electron chi connectivity index (χ0n) is 18.3. The van der Waals surface area contributed by atoms with Gasteiger partial charge >= 0.3 is 5.97 Å². The lowest BCUT2D eigenvalue weighted by molar-refractivity contribution is -0.137. The van der Waals surface area contributed by atoms with Gasteiger partial charge in [-0.3, -0.25) is 14.5 Å². The maximum absolute atomic E-state index is 11.6. The molecule has 4 aromatic rings. The van der Waals surface area contributed by atoms with Crippen molar-refractivity contribution in [3.05, 3.63) is 77.5 Å². The minimum absolute atomic E-state index is 0.111. The summed E-state index contributed by atoms with van der Waals surface area (Å²) < 4.78 is 1.70. The SMILES string of the molecule is O=C(O)CC(c1cnc2ccccc2n1)n1ccc(CCCc2ccc3c(n2)NCCC3)n1. The van der Waals surface area contributed by atoms with Crippen molar-refractivity contribution in [2.24, 2.45) is 0 Å². The summed E-state index contributed by atoms with van der Waals surface area (Å²) in [5.41, 5.74) is 5.42. The van der Waals surface area contributed by atoms with E-state index in [2.05, 4.69) is 32.5 Å². The van der Waals surface area contributed by atoms with Crippen LogP contribution in [0.15, 0.2) is 54.9 Å². The molecule has 0 fully saturated rings. The lowest BCUT2D eigenvalue weighted by atomic mass is 10.1. The lowest BCUT2D eigenvalue weighted by Gasteiger charge is -2.17. The smallest absolute Gasteiger partial charge is 0.305 e. The maximum atomic E-state index is 11.6. The molecule has 2 N–H and O–H groups in total. The van der Waals surface area contributed by atoms with Crippen LogP contribution in [0.2, 0.25) is 0 Å². The molecule has 8 nitrogen and oxygen atoms in total. The first-order valence-electron chi connectivity index (χ1n) is 11.4. The van der Waals surface area contributed by atoms with Gasteiger partial charge in [0.05, 0.1) is 35.0 Å². The van der Waals surface area contributed by atoms with Crippen molar-refractivity contribution in [1.82, 2.24) is 24.7 Å². The van der Waals surface area contributed by atoms with Crippen LogP contribution < -0.4 is 5.32 Å². The number of carboxylic acids is 1. The summed E-state index contributed by atoms with van der Waals surface area (Å²) in [4.78, 5) is 25.4. The van der Waals surface area contributed by atoms with Gasteiger partial charge < -0.3 is 10.4 Å². The first-order valence-corrected chi connectivity index (χ1v) is 11.4. The maximum Gasteiger partial charge on any atom is 0.305 e. The molecule has 33 heavy (non-hydrogen) atoms. The minimum Gasteiger partial charge on any atom is -0.481 e. The summed E-state index contributed by atoms with van der Waals surface area (Å²) in [6.07, 6.45) is 8.20. The van der Waals surface area contributed by atoms with Crippen molar-refractivity contribution < 1.29 is 9.90 Å². The van der Waals surface area contributed by atoms with E-state index in [0.29, 0.717) is 5.69 Å². The van der Waals surface area contributed by atoms with E-state index >= 15 is 0 Å². The van der Waals surface area contributed by atoms with Gasteiger partial charge in [0.2, 0.25) is 0 Å². The third-order valence-corrected chi connectivity index (χ3v) is 5.98. The van der Waals surface area contributed by atoms with Crippen LogP contribution in [0.5, 0.6) is 0 Å². The number of hydrogen-bond donors (Lipinski definition) is 2. The van der Waals surface area contributed by atoms with E-state index < -0.39 is 12.0 Å². The van der Waals surface area contributed by atoms with Gasteiger partial charge in [-0.2, -0.15) is 5.10 Å². The fourth-order valence-corrected chi connectivity index (χ4v) is 4.27. The number of carboxylic acid groups (broad SMARTS) is 1. The number of anilines is 1. The molecule has 3 aromatic heterocycles. The van der Waals surface area contributed by atoms with Crippen molar-refractivity contribution in [2.75, 3.05) is 11.9 Å². The van der Waals surface area contributed by atoms with Crippen LogP contribution in [0.4, 0.5) is 5.82 Å². The van der Waals surface area contributed by atoms with E-state index in [4.69, 9.17) is 4.98 Å². The highest BCUT2D eigenvalue weighted by Gasteiger charge is 2.21. The first-order chi connectivity index (χ1) is 16.2. The van der Waals surface area contributed by atoms with Crippen LogP contribution >= 0.6 is 0 Å². The molecule has 1 aromatic carbocycles. The standard InChI is InChI=1S/C25H26N6O2/c32-24(33)15-23(22-16-27-20-8-1-2-9-21(20)29-22)31-14-12-19(30-31)7-3-6-18-11-10-17-5-4-13-26-25(17)28-18/h1-2,8-12,14,16,23H,3-7,13,15H2,(H,26,28)(H,32,33). The monoisotopic (exact) mass is 442 g/mol. The third-order valence-electron chi connectivity index (χ3n) is 5.98. The molecule has 0 spiro atoms. The highest BCUT2D eigenvalue weighted by atomic mass is 16.4. The zero-order valence-corrected chi connectivity index (χ0v) is 18.3. The second kappa shape index (κ2) is 9.36. The molecule has 1 atom stereocenters. The lowest BCUT2D eigenvalue weighted by Crippen LogP contribution is -2.17. The van der Waals surface area contributed by atoms with Gasteiger partial charge in [-0.1, -0.05) is 18.2 Å². The molecule has 0 amide bonds. The summed E-state index contributed by atoms with van der Waals surface area (Å²) in [6, 6.07) is 13.3. The molecule has 0 bridgehead atoms. The molecule has 0 saturated carbocycles. The van der Waals surface area contributed by atoms with Crippen molar-refractivity contribution in [3.8, 4) is 0 Å². The number of aromatic nitrogens is 5. The zero-order chi connectivity index (χ0) is 22.6. The van der Waals surface area contributed by atoms with Crippen LogP contribution in [0.3, 0.4) is 0 Å². The fourth-order valence-electron chi connectivity index (χ4n) is 4.27. The Bertz CT molecular complexity index is 1280. The predicted molar refractivity (Wildman–Crippen MR) is 125 cm³/mol. The molecular formula is C25H26N6O2. The Hall–Kier alpha value is -3.81. The summed E-state index contributed by atoms with van der Waals surface area (Å²) in [5.74, 6) is 0.120. The number of carbonyl (C=O) groups is 1. The molecule has 0 aliphatic carbocycles. The van der Waals surface area contributed by atoms with Gasteiger partial charge in [-0.25, -0.2) is 9.97 Å². The Balaban J connectivity index is 1.28. The number of fused-ring (bicyclic) bond motifs is 2. The van der Waals surface area contributed by atoms with E-state index in [-0.39, 0.29) is 6.42 Å². The molecule has 1 unspecified atom stereocenters. The highest BCUT2D eigenvalue weighted by molar-refractivity contribution is 5.74. The largest absolute Gasteiger partial charge is 0.481 e. The molecule has 1 aliphatic heterocycles. The highest BCUT2D eigenvalue weighted by Crippen LogP contribution is 2.23. The van der Waals surface area contributed by atoms with Gasteiger partial charge in [-0.15, -0.1) is 0 Å². The number of benzene rings is 1. The van der Waals surface area contributed by atoms with E-state index in [1.165, 1.54) is 5.56 Å². The second-order valence-corrected chi connectivity index (χ2v) is 8.38. The number of hydrogen-bond acceptors (Lipinski definition) is 6. The Morgan fingerprint density at radius 3 is 2.79 bits per heavy atom. The molecular weight excluding hydrogens is 416 g/mol. The van der Waals surface area contributed by atoms with E-state index in [1.807, 2.05) is 36.5 Å². The van der Waals surface area contributed by atoms with Gasteiger partial charge in [0.25, 0.3) is 0 Å². The van der Waals surface area contributed by atoms with Crippen LogP contribution in [-0.2, 0) is 24.1 Å². The van der Waals surface area contributed by atoms with Gasteiger partial charge in [0, 0.05) is 18.4 Å². The topological polar surface area (TPSA) is 106 Å². The number of aryl methyl sites for hydroxylation is 3. The number of nitrogens with one attached hydrogen (secondary N) is 1. The van der Waals surface area contributed by atoms with Crippen LogP contribution in [0.1, 0.15) is 47.9 Å². The summed E-state index contributed by atoms with van der Waals surface area (Å²) >= 11 is 0. The average molecular weight is 443 g/mol. The number of nitrogens with zero attached hydrogens (tertiary/aromatic N) is 5. The van der Waals surface area contributed by atoms with Crippen LogP contribution in [-0.4, -0.2) is 42.4 Å². The van der Waals surface area contributed by atoms with Crippen molar-refractivity contribution in [2.45, 2.75) is 44.6 Å². The van der Waals surface area contributed by atoms with Crippen molar-refractivity contribution in [1.29, 1.82) is 0 Å². The molecule has 8 heteroatoms. The van der Waals surface area contributed by atoms with Gasteiger partial charge in [-0.05, 0) is 61.9 Å². The molecule has 1 aliphatic rings. The van der Waals surface area contributed by atoms with E-state index in [9.17, 15) is 9.90 Å². The first kappa shape index (κ1) is 21.1. The Morgan fingerprint density at radius 1 is 1.06 bits per heavy atom. The second-order valence-electron chi connectivity index (χ2n) is 8.38. The molecule has 168 valence electrons. The van der Waals surface area contributed by atoms with Gasteiger partial charge in [0.1, 0.15) is 11.9 Å². The Morgan fingerprint density at radius 2 is 1.91 bits per heavy atom. The fraction of sp³-hybridized carbons (Fsp3) is 0.320. The number of aliphatic carboxylic acids is 1. The number of para-hydroxylation sites is 2. The van der Waals surface area contributed by atoms with Crippen LogP contribution in [0.25, 0.3) is 11.0 Å².